The fourth-order valence-corrected chi connectivity index (χ4v) is 5.58. The number of guanidine groups is 1. The Labute approximate surface area is 176 Å². The van der Waals surface area contributed by atoms with Crippen LogP contribution in [0.25, 0.3) is 5.69 Å². The van der Waals surface area contributed by atoms with Crippen molar-refractivity contribution in [1.29, 1.82) is 0 Å². The Morgan fingerprint density at radius 3 is 2.79 bits per heavy atom. The molecule has 1 aromatic heterocycles. The van der Waals surface area contributed by atoms with E-state index in [4.69, 9.17) is 0 Å². The lowest BCUT2D eigenvalue weighted by molar-refractivity contribution is 0.443. The maximum Gasteiger partial charge on any atom is 0.215 e. The van der Waals surface area contributed by atoms with Crippen molar-refractivity contribution >= 4 is 27.7 Å². The zero-order valence-electron chi connectivity index (χ0n) is 16.8. The summed E-state index contributed by atoms with van der Waals surface area (Å²) in [4.78, 5) is 4.22. The minimum absolute atomic E-state index is 0.00700. The first-order valence-electron chi connectivity index (χ1n) is 9.62. The number of nitrogens with zero attached hydrogens (tertiary/aromatic N) is 4. The molecule has 0 amide bonds. The molecule has 0 radical (unpaired) electrons. The molecule has 8 nitrogen and oxygen atoms in total. The van der Waals surface area contributed by atoms with Gasteiger partial charge in [-0.05, 0) is 30.7 Å². The summed E-state index contributed by atoms with van der Waals surface area (Å²) >= 11 is 1.80. The Kier molecular flexibility index (Phi) is 7.57. The smallest absolute Gasteiger partial charge is 0.215 e. The van der Waals surface area contributed by atoms with Crippen molar-refractivity contribution in [3.63, 3.8) is 0 Å². The summed E-state index contributed by atoms with van der Waals surface area (Å²) in [5, 5.41) is 10.7. The van der Waals surface area contributed by atoms with Crippen LogP contribution < -0.4 is 10.6 Å². The van der Waals surface area contributed by atoms with E-state index < -0.39 is 10.0 Å². The van der Waals surface area contributed by atoms with Crippen LogP contribution in [0.2, 0.25) is 0 Å². The van der Waals surface area contributed by atoms with Crippen molar-refractivity contribution in [2.24, 2.45) is 4.99 Å². The highest BCUT2D eigenvalue weighted by molar-refractivity contribution is 7.99. The summed E-state index contributed by atoms with van der Waals surface area (Å²) < 4.78 is 28.3. The van der Waals surface area contributed by atoms with Gasteiger partial charge in [0.25, 0.3) is 0 Å². The molecule has 29 heavy (non-hydrogen) atoms. The summed E-state index contributed by atoms with van der Waals surface area (Å²) in [6.45, 7) is 3.55. The fraction of sp³-hybridized carbons (Fsp3) is 0.474. The number of thioether (sulfide) groups is 1. The fourth-order valence-electron chi connectivity index (χ4n) is 3.09. The SMILES string of the molecule is CN=C(NCCS(=O)(=O)N1CCSCC1)NC(C)c1cccc(-n2cccn2)c1. The van der Waals surface area contributed by atoms with Crippen LogP contribution in [0.15, 0.2) is 47.7 Å². The zero-order valence-corrected chi connectivity index (χ0v) is 18.4. The third-order valence-electron chi connectivity index (χ3n) is 4.73. The van der Waals surface area contributed by atoms with Crippen molar-refractivity contribution in [3.8, 4) is 5.69 Å². The van der Waals surface area contributed by atoms with Gasteiger partial charge in [0, 0.05) is 50.6 Å². The van der Waals surface area contributed by atoms with Crippen LogP contribution in [-0.4, -0.2) is 72.4 Å². The number of nitrogens with one attached hydrogen (secondary N) is 2. The van der Waals surface area contributed by atoms with Crippen LogP contribution in [0.4, 0.5) is 0 Å². The van der Waals surface area contributed by atoms with E-state index in [1.807, 2.05) is 42.1 Å². The topological polar surface area (TPSA) is 91.6 Å². The lowest BCUT2D eigenvalue weighted by Gasteiger charge is -2.26. The normalized spacial score (nSPS) is 17.1. The minimum atomic E-state index is -3.23. The highest BCUT2D eigenvalue weighted by atomic mass is 32.2. The molecule has 1 aliphatic rings. The molecule has 0 aliphatic carbocycles. The number of rotatable bonds is 7. The summed E-state index contributed by atoms with van der Waals surface area (Å²) in [6.07, 6.45) is 3.65. The second-order valence-corrected chi connectivity index (χ2v) is 10.1. The van der Waals surface area contributed by atoms with E-state index in [0.717, 1.165) is 22.8 Å². The van der Waals surface area contributed by atoms with Gasteiger partial charge in [-0.1, -0.05) is 12.1 Å². The average Bonchev–Trinajstić information content (AvgIpc) is 3.28. The summed E-state index contributed by atoms with van der Waals surface area (Å²) in [5.74, 6) is 2.36. The number of benzene rings is 1. The first-order valence-corrected chi connectivity index (χ1v) is 12.4. The van der Waals surface area contributed by atoms with Gasteiger partial charge in [-0.3, -0.25) is 4.99 Å². The van der Waals surface area contributed by atoms with Crippen molar-refractivity contribution in [3.05, 3.63) is 48.3 Å². The van der Waals surface area contributed by atoms with Crippen LogP contribution in [0, 0.1) is 0 Å². The summed E-state index contributed by atoms with van der Waals surface area (Å²) in [5.41, 5.74) is 2.06. The second-order valence-electron chi connectivity index (χ2n) is 6.74. The Hall–Kier alpha value is -2.04. The van der Waals surface area contributed by atoms with Gasteiger partial charge < -0.3 is 10.6 Å². The summed E-state index contributed by atoms with van der Waals surface area (Å²) in [7, 11) is -1.55. The highest BCUT2D eigenvalue weighted by Crippen LogP contribution is 2.16. The molecule has 10 heteroatoms. The van der Waals surface area contributed by atoms with Crippen molar-refractivity contribution in [1.82, 2.24) is 24.7 Å². The maximum atomic E-state index is 12.5. The first kappa shape index (κ1) is 21.7. The minimum Gasteiger partial charge on any atom is -0.355 e. The van der Waals surface area contributed by atoms with Crippen LogP contribution in [0.1, 0.15) is 18.5 Å². The molecule has 0 saturated carbocycles. The molecule has 0 bridgehead atoms. The number of sulfonamides is 1. The molecule has 1 unspecified atom stereocenters. The molecule has 2 N–H and O–H groups in total. The Bertz CT molecular complexity index is 909. The van der Waals surface area contributed by atoms with Gasteiger partial charge in [0.15, 0.2) is 5.96 Å². The lowest BCUT2D eigenvalue weighted by Crippen LogP contribution is -2.44. The summed E-state index contributed by atoms with van der Waals surface area (Å²) in [6, 6.07) is 9.97. The molecule has 2 heterocycles. The van der Waals surface area contributed by atoms with E-state index in [2.05, 4.69) is 26.8 Å². The molecule has 3 rings (SSSR count). The molecular weight excluding hydrogens is 408 g/mol. The van der Waals surface area contributed by atoms with Crippen LogP contribution >= 0.6 is 11.8 Å². The number of hydrogen-bond donors (Lipinski definition) is 2. The van der Waals surface area contributed by atoms with Gasteiger partial charge in [-0.2, -0.15) is 16.9 Å². The first-order chi connectivity index (χ1) is 14.0. The van der Waals surface area contributed by atoms with E-state index in [9.17, 15) is 8.42 Å². The van der Waals surface area contributed by atoms with E-state index in [-0.39, 0.29) is 11.8 Å². The van der Waals surface area contributed by atoms with Gasteiger partial charge in [-0.15, -0.1) is 0 Å². The van der Waals surface area contributed by atoms with E-state index in [1.54, 1.807) is 29.3 Å². The predicted molar refractivity (Wildman–Crippen MR) is 119 cm³/mol. The molecule has 0 spiro atoms. The zero-order chi connectivity index (χ0) is 20.7. The van der Waals surface area contributed by atoms with Gasteiger partial charge in [0.2, 0.25) is 10.0 Å². The van der Waals surface area contributed by atoms with E-state index >= 15 is 0 Å². The molecule has 158 valence electrons. The second kappa shape index (κ2) is 10.1. The Balaban J connectivity index is 1.54. The quantitative estimate of drug-likeness (QED) is 0.505. The molecule has 1 aliphatic heterocycles. The maximum absolute atomic E-state index is 12.5. The standard InChI is InChI=1S/C19H28N6O2S2/c1-16(17-5-3-6-18(15-17)25-9-4-7-22-25)23-19(20-2)21-8-14-29(26,27)24-10-12-28-13-11-24/h3-7,9,15-16H,8,10-14H2,1-2H3,(H2,20,21,23). The number of aliphatic imine (C=N–C) groups is 1. The van der Waals surface area contributed by atoms with E-state index in [0.29, 0.717) is 25.6 Å². The highest BCUT2D eigenvalue weighted by Gasteiger charge is 2.23. The van der Waals surface area contributed by atoms with Gasteiger partial charge >= 0.3 is 0 Å². The Morgan fingerprint density at radius 1 is 1.31 bits per heavy atom. The number of aromatic nitrogens is 2. The van der Waals surface area contributed by atoms with Crippen LogP contribution in [0.3, 0.4) is 0 Å². The third kappa shape index (κ3) is 5.97. The van der Waals surface area contributed by atoms with Crippen molar-refractivity contribution in [2.45, 2.75) is 13.0 Å². The molecule has 1 fully saturated rings. The third-order valence-corrected chi connectivity index (χ3v) is 7.55. The largest absolute Gasteiger partial charge is 0.355 e. The van der Waals surface area contributed by atoms with E-state index in [1.165, 1.54) is 0 Å². The lowest BCUT2D eigenvalue weighted by atomic mass is 10.1. The Morgan fingerprint density at radius 2 is 2.10 bits per heavy atom. The van der Waals surface area contributed by atoms with Crippen molar-refractivity contribution in [2.75, 3.05) is 43.9 Å². The monoisotopic (exact) mass is 436 g/mol. The molecule has 1 saturated heterocycles. The van der Waals surface area contributed by atoms with Gasteiger partial charge in [0.1, 0.15) is 0 Å². The predicted octanol–water partition coefficient (Wildman–Crippen LogP) is 1.48. The van der Waals surface area contributed by atoms with Crippen molar-refractivity contribution < 1.29 is 8.42 Å². The molecule has 1 atom stereocenters. The van der Waals surface area contributed by atoms with Crippen LogP contribution in [-0.2, 0) is 10.0 Å². The van der Waals surface area contributed by atoms with Crippen LogP contribution in [0.5, 0.6) is 0 Å². The van der Waals surface area contributed by atoms with Gasteiger partial charge in [-0.25, -0.2) is 17.4 Å². The molecule has 1 aromatic carbocycles. The van der Waals surface area contributed by atoms with Gasteiger partial charge in [0.05, 0.1) is 17.5 Å². The molecular formula is C19H28N6O2S2. The molecule has 2 aromatic rings. The number of hydrogen-bond acceptors (Lipinski definition) is 5. The average molecular weight is 437 g/mol.